The quantitative estimate of drug-likeness (QED) is 0.0858. The molecule has 5 aromatic rings. The Morgan fingerprint density at radius 2 is 1.53 bits per heavy atom. The van der Waals surface area contributed by atoms with Crippen LogP contribution in [0.3, 0.4) is 0 Å². The summed E-state index contributed by atoms with van der Waals surface area (Å²) in [5.41, 5.74) is 14.7. The van der Waals surface area contributed by atoms with Gasteiger partial charge in [-0.2, -0.15) is 10.4 Å². The van der Waals surface area contributed by atoms with Gasteiger partial charge < -0.3 is 35.4 Å². The zero-order valence-electron chi connectivity index (χ0n) is 29.2. The number of rotatable bonds is 15. The van der Waals surface area contributed by atoms with Gasteiger partial charge in [0.1, 0.15) is 6.04 Å². The number of aromatic amines is 1. The molecule has 0 aliphatic rings. The molecule has 0 radical (unpaired) electrons. The molecule has 0 saturated heterocycles. The highest BCUT2D eigenvalue weighted by Crippen LogP contribution is 2.25. The van der Waals surface area contributed by atoms with Gasteiger partial charge in [0.05, 0.1) is 49.6 Å². The molecule has 6 N–H and O–H groups in total. The summed E-state index contributed by atoms with van der Waals surface area (Å²) in [6.45, 7) is 4.86. The van der Waals surface area contributed by atoms with Crippen molar-refractivity contribution < 1.29 is 14.3 Å². The standard InChI is InChI=1S/C24H28N6O2S.C12H16N4OS/c1-24(2,26)22(31)27-20(15-32-14-17-9-5-4-6-10-17)21-28-29-23(30(21)3)33-16-19-12-8-7-11-18(19)13-25;1-16-11(14-15-12(16)18)10(13)8-17-7-9-5-3-2-4-6-9/h4-12,20H,14-16,26H2,1-3H3,(H,27,31);2-6,10H,7-8,13H2,1H3,(H,15,18)/t20-;10-/m11/s1. The van der Waals surface area contributed by atoms with E-state index >= 15 is 0 Å². The van der Waals surface area contributed by atoms with Gasteiger partial charge in [0.15, 0.2) is 21.6 Å². The van der Waals surface area contributed by atoms with E-state index in [1.807, 2.05) is 97.5 Å². The molecule has 268 valence electrons. The van der Waals surface area contributed by atoms with Crippen LogP contribution in [0.25, 0.3) is 0 Å². The number of H-pyrrole nitrogens is 1. The van der Waals surface area contributed by atoms with Gasteiger partial charge in [0.25, 0.3) is 0 Å². The smallest absolute Gasteiger partial charge is 0.240 e. The summed E-state index contributed by atoms with van der Waals surface area (Å²) in [5.74, 6) is 1.54. The Labute approximate surface area is 307 Å². The van der Waals surface area contributed by atoms with Crippen LogP contribution in [-0.4, -0.2) is 54.2 Å². The van der Waals surface area contributed by atoms with Gasteiger partial charge in [-0.15, -0.1) is 10.2 Å². The van der Waals surface area contributed by atoms with Gasteiger partial charge in [-0.1, -0.05) is 90.6 Å². The van der Waals surface area contributed by atoms with Crippen LogP contribution in [0.2, 0.25) is 0 Å². The van der Waals surface area contributed by atoms with Gasteiger partial charge in [0.2, 0.25) is 5.91 Å². The molecule has 0 saturated carbocycles. The van der Waals surface area contributed by atoms with Gasteiger partial charge in [-0.05, 0) is 48.8 Å². The van der Waals surface area contributed by atoms with Gasteiger partial charge in [0, 0.05) is 19.8 Å². The van der Waals surface area contributed by atoms with E-state index in [0.29, 0.717) is 52.7 Å². The molecule has 0 aliphatic carbocycles. The normalized spacial score (nSPS) is 12.3. The van der Waals surface area contributed by atoms with Crippen molar-refractivity contribution in [2.75, 3.05) is 13.2 Å². The Morgan fingerprint density at radius 1 is 0.941 bits per heavy atom. The van der Waals surface area contributed by atoms with E-state index in [2.05, 4.69) is 31.8 Å². The largest absolute Gasteiger partial charge is 0.375 e. The minimum atomic E-state index is -1.05. The number of thioether (sulfide) groups is 1. The molecule has 0 aliphatic heterocycles. The van der Waals surface area contributed by atoms with Crippen LogP contribution < -0.4 is 16.8 Å². The Bertz CT molecular complexity index is 1930. The molecule has 0 unspecified atom stereocenters. The van der Waals surface area contributed by atoms with Gasteiger partial charge >= 0.3 is 0 Å². The molecule has 5 rings (SSSR count). The maximum Gasteiger partial charge on any atom is 0.240 e. The summed E-state index contributed by atoms with van der Waals surface area (Å²) in [6, 6.07) is 28.6. The van der Waals surface area contributed by atoms with E-state index in [0.717, 1.165) is 16.7 Å². The number of hydrogen-bond donors (Lipinski definition) is 4. The average Bonchev–Trinajstić information content (AvgIpc) is 3.67. The number of carbonyl (C=O) groups is 1. The van der Waals surface area contributed by atoms with Crippen molar-refractivity contribution in [2.24, 2.45) is 25.6 Å². The summed E-state index contributed by atoms with van der Waals surface area (Å²) in [4.78, 5) is 12.6. The number of ether oxygens (including phenoxy) is 2. The highest BCUT2D eigenvalue weighted by Gasteiger charge is 2.28. The zero-order chi connectivity index (χ0) is 36.8. The first-order valence-corrected chi connectivity index (χ1v) is 17.6. The third-order valence-electron chi connectivity index (χ3n) is 7.62. The number of nitrogens with zero attached hydrogens (tertiary/aromatic N) is 6. The Balaban J connectivity index is 0.000000272. The number of carbonyl (C=O) groups excluding carboxylic acids is 1. The van der Waals surface area contributed by atoms with Crippen LogP contribution in [0.1, 0.15) is 59.8 Å². The van der Waals surface area contributed by atoms with Crippen molar-refractivity contribution in [3.8, 4) is 6.07 Å². The maximum atomic E-state index is 12.6. The topological polar surface area (TPSA) is 188 Å². The number of aromatic nitrogens is 6. The van der Waals surface area contributed by atoms with Crippen LogP contribution in [0, 0.1) is 16.1 Å². The van der Waals surface area contributed by atoms with E-state index in [1.54, 1.807) is 24.5 Å². The first-order valence-electron chi connectivity index (χ1n) is 16.2. The minimum Gasteiger partial charge on any atom is -0.375 e. The summed E-state index contributed by atoms with van der Waals surface area (Å²) in [7, 11) is 3.68. The Hall–Kier alpha value is -4.69. The molecule has 2 atom stereocenters. The number of hydrogen-bond acceptors (Lipinski definition) is 11. The third kappa shape index (κ3) is 11.7. The summed E-state index contributed by atoms with van der Waals surface area (Å²) in [6.07, 6.45) is 0. The second kappa shape index (κ2) is 19.1. The highest BCUT2D eigenvalue weighted by molar-refractivity contribution is 7.98. The van der Waals surface area contributed by atoms with E-state index in [-0.39, 0.29) is 18.6 Å². The lowest BCUT2D eigenvalue weighted by Gasteiger charge is -2.24. The monoisotopic (exact) mass is 728 g/mol. The lowest BCUT2D eigenvalue weighted by atomic mass is 10.1. The van der Waals surface area contributed by atoms with Crippen molar-refractivity contribution in [1.82, 2.24) is 34.8 Å². The number of amides is 1. The average molecular weight is 729 g/mol. The molecular weight excluding hydrogens is 685 g/mol. The zero-order valence-corrected chi connectivity index (χ0v) is 30.8. The SMILES string of the molecule is Cn1c(SCc2ccccc2C#N)nnc1[C@@H](COCc1ccccc1)NC(=O)C(C)(C)N.Cn1c([C@H](N)COCc2ccccc2)n[nH]c1=S. The van der Waals surface area contributed by atoms with Crippen LogP contribution in [0.5, 0.6) is 0 Å². The number of nitrogens with one attached hydrogen (secondary N) is 2. The van der Waals surface area contributed by atoms with Crippen LogP contribution in [-0.2, 0) is 47.3 Å². The van der Waals surface area contributed by atoms with E-state index < -0.39 is 11.6 Å². The lowest BCUT2D eigenvalue weighted by molar-refractivity contribution is -0.126. The fourth-order valence-electron chi connectivity index (χ4n) is 4.69. The number of benzene rings is 3. The maximum absolute atomic E-state index is 12.6. The third-order valence-corrected chi connectivity index (χ3v) is 9.05. The molecule has 3 aromatic carbocycles. The minimum absolute atomic E-state index is 0.213. The van der Waals surface area contributed by atoms with E-state index in [1.165, 1.54) is 11.8 Å². The number of nitrogens with two attached hydrogens (primary N) is 2. The second-order valence-corrected chi connectivity index (χ2v) is 13.6. The van der Waals surface area contributed by atoms with Crippen molar-refractivity contribution >= 4 is 29.9 Å². The molecule has 51 heavy (non-hydrogen) atoms. The second-order valence-electron chi connectivity index (χ2n) is 12.3. The van der Waals surface area contributed by atoms with Gasteiger partial charge in [-0.25, -0.2) is 0 Å². The first-order chi connectivity index (χ1) is 24.5. The number of nitriles is 1. The summed E-state index contributed by atoms with van der Waals surface area (Å²) in [5, 5.41) is 28.3. The Morgan fingerprint density at radius 3 is 2.10 bits per heavy atom. The molecule has 2 aromatic heterocycles. The molecule has 1 amide bonds. The molecule has 2 heterocycles. The predicted octanol–water partition coefficient (Wildman–Crippen LogP) is 4.78. The fourth-order valence-corrected chi connectivity index (χ4v) is 5.75. The van der Waals surface area contributed by atoms with Gasteiger partial charge in [-0.3, -0.25) is 9.89 Å². The molecule has 0 fully saturated rings. The van der Waals surface area contributed by atoms with E-state index in [4.69, 9.17) is 33.2 Å². The van der Waals surface area contributed by atoms with Crippen LogP contribution in [0.15, 0.2) is 90.1 Å². The highest BCUT2D eigenvalue weighted by atomic mass is 32.2. The summed E-state index contributed by atoms with van der Waals surface area (Å²) >= 11 is 6.50. The van der Waals surface area contributed by atoms with Crippen molar-refractivity contribution in [1.29, 1.82) is 5.26 Å². The molecule has 13 nitrogen and oxygen atoms in total. The Kier molecular flexibility index (Phi) is 14.6. The molecule has 0 spiro atoms. The van der Waals surface area contributed by atoms with Crippen molar-refractivity contribution in [3.63, 3.8) is 0 Å². The summed E-state index contributed by atoms with van der Waals surface area (Å²) < 4.78 is 15.6. The predicted molar refractivity (Wildman–Crippen MR) is 198 cm³/mol. The van der Waals surface area contributed by atoms with E-state index in [9.17, 15) is 10.1 Å². The van der Waals surface area contributed by atoms with Crippen LogP contribution in [0.4, 0.5) is 0 Å². The molecular formula is C36H44N10O3S2. The fraction of sp³-hybridized carbons (Fsp3) is 0.333. The van der Waals surface area contributed by atoms with Crippen molar-refractivity contribution in [2.45, 2.75) is 55.6 Å². The first kappa shape index (κ1) is 39.1. The van der Waals surface area contributed by atoms with Crippen molar-refractivity contribution in [3.05, 3.63) is 124 Å². The lowest BCUT2D eigenvalue weighted by Crippen LogP contribution is -2.51. The molecule has 0 bridgehead atoms. The molecule has 15 heteroatoms. The van der Waals surface area contributed by atoms with Crippen LogP contribution >= 0.6 is 24.0 Å².